The molecule has 12 heteroatoms. The number of esters is 1. The number of carbonyl (C=O) groups is 1. The Kier molecular flexibility index (Phi) is 5.40. The highest BCUT2D eigenvalue weighted by atomic mass is 32.1. The lowest BCUT2D eigenvalue weighted by atomic mass is 10.2. The molecule has 0 atom stereocenters. The predicted molar refractivity (Wildman–Crippen MR) is 91.3 cm³/mol. The number of hydrogen-bond donors (Lipinski definition) is 1. The van der Waals surface area contributed by atoms with Gasteiger partial charge in [0.1, 0.15) is 0 Å². The Morgan fingerprint density at radius 1 is 1.32 bits per heavy atom. The van der Waals surface area contributed by atoms with Crippen molar-refractivity contribution in [3.8, 4) is 11.5 Å². The van der Waals surface area contributed by atoms with E-state index in [1.807, 2.05) is 0 Å². The van der Waals surface area contributed by atoms with Crippen LogP contribution in [0.1, 0.15) is 18.2 Å². The maximum atomic E-state index is 13.4. The van der Waals surface area contributed by atoms with Gasteiger partial charge in [-0.3, -0.25) is 10.2 Å². The van der Waals surface area contributed by atoms with E-state index in [0.717, 1.165) is 23.6 Å². The first kappa shape index (κ1) is 19.9. The summed E-state index contributed by atoms with van der Waals surface area (Å²) in [6, 6.07) is 3.73. The zero-order valence-corrected chi connectivity index (χ0v) is 15.1. The second kappa shape index (κ2) is 7.62. The third-order valence-corrected chi connectivity index (χ3v) is 4.16. The number of hydrogen-bond acceptors (Lipinski definition) is 8. The average molecular weight is 419 g/mol. The molecule has 2 heterocycles. The van der Waals surface area contributed by atoms with Gasteiger partial charge < -0.3 is 14.2 Å². The van der Waals surface area contributed by atoms with Crippen LogP contribution in [0, 0.1) is 0 Å². The molecular weight excluding hydrogens is 406 g/mol. The van der Waals surface area contributed by atoms with E-state index in [-0.39, 0.29) is 18.6 Å². The maximum absolute atomic E-state index is 13.4. The normalized spacial score (nSPS) is 16.8. The van der Waals surface area contributed by atoms with Crippen molar-refractivity contribution in [2.24, 2.45) is 5.10 Å². The molecule has 28 heavy (non-hydrogen) atoms. The highest BCUT2D eigenvalue weighted by Crippen LogP contribution is 2.47. The summed E-state index contributed by atoms with van der Waals surface area (Å²) in [5.74, 6) is -1.52. The van der Waals surface area contributed by atoms with Gasteiger partial charge in [0.05, 0.1) is 24.9 Å². The number of hydrazone groups is 1. The molecule has 7 nitrogen and oxygen atoms in total. The van der Waals surface area contributed by atoms with Crippen LogP contribution >= 0.6 is 11.3 Å². The minimum Gasteiger partial charge on any atom is -0.466 e. The molecule has 0 radical (unpaired) electrons. The molecule has 0 unspecified atom stereocenters. The number of aromatic nitrogens is 1. The van der Waals surface area contributed by atoms with Gasteiger partial charge in [-0.05, 0) is 19.1 Å². The van der Waals surface area contributed by atoms with Gasteiger partial charge in [-0.2, -0.15) is 22.7 Å². The van der Waals surface area contributed by atoms with Crippen LogP contribution in [0.5, 0.6) is 11.5 Å². The topological polar surface area (TPSA) is 82.0 Å². The van der Waals surface area contributed by atoms with Crippen molar-refractivity contribution in [2.75, 3.05) is 12.0 Å². The van der Waals surface area contributed by atoms with Crippen molar-refractivity contribution in [1.82, 2.24) is 4.98 Å². The van der Waals surface area contributed by atoms with E-state index in [1.54, 1.807) is 12.3 Å². The van der Waals surface area contributed by atoms with Crippen molar-refractivity contribution in [3.63, 3.8) is 0 Å². The summed E-state index contributed by atoms with van der Waals surface area (Å²) in [6.07, 6.45) is -8.52. The Bertz CT molecular complexity index is 904. The molecule has 1 aromatic heterocycles. The molecule has 1 aliphatic rings. The first-order chi connectivity index (χ1) is 13.2. The number of anilines is 1. The molecule has 2 aromatic rings. The summed E-state index contributed by atoms with van der Waals surface area (Å²) in [5, 5.41) is 5.77. The van der Waals surface area contributed by atoms with E-state index >= 15 is 0 Å². The number of para-hydroxylation sites is 1. The molecule has 0 fully saturated rings. The van der Waals surface area contributed by atoms with Gasteiger partial charge in [-0.25, -0.2) is 4.98 Å². The van der Waals surface area contributed by atoms with E-state index in [2.05, 4.69) is 25.0 Å². The molecule has 0 bridgehead atoms. The van der Waals surface area contributed by atoms with Crippen molar-refractivity contribution >= 4 is 28.7 Å². The minimum atomic E-state index is -4.82. The highest BCUT2D eigenvalue weighted by Gasteiger charge is 2.66. The lowest BCUT2D eigenvalue weighted by Crippen LogP contribution is -2.52. The fraction of sp³-hybridized carbons (Fsp3) is 0.312. The summed E-state index contributed by atoms with van der Waals surface area (Å²) >= 11 is 1.15. The molecule has 3 rings (SSSR count). The van der Waals surface area contributed by atoms with Crippen LogP contribution in [0.25, 0.3) is 0 Å². The summed E-state index contributed by atoms with van der Waals surface area (Å²) in [7, 11) is 0. The lowest BCUT2D eigenvalue weighted by Gasteiger charge is -2.32. The van der Waals surface area contributed by atoms with E-state index in [9.17, 15) is 22.4 Å². The summed E-state index contributed by atoms with van der Waals surface area (Å²) in [4.78, 5) is 15.5. The van der Waals surface area contributed by atoms with Crippen LogP contribution in [-0.4, -0.2) is 36.0 Å². The number of alkyl halides is 4. The molecule has 1 N–H and O–H groups in total. The number of nitrogens with zero attached hydrogens (tertiary/aromatic N) is 2. The molecule has 0 spiro atoms. The van der Waals surface area contributed by atoms with Crippen molar-refractivity contribution in [1.29, 1.82) is 0 Å². The second-order valence-electron chi connectivity index (χ2n) is 5.41. The lowest BCUT2D eigenvalue weighted by molar-refractivity contribution is -0.391. The highest BCUT2D eigenvalue weighted by molar-refractivity contribution is 7.13. The Balaban J connectivity index is 1.70. The number of rotatable bonds is 6. The molecule has 150 valence electrons. The van der Waals surface area contributed by atoms with Gasteiger partial charge in [0.15, 0.2) is 11.5 Å². The number of thiazole rings is 1. The third kappa shape index (κ3) is 4.16. The van der Waals surface area contributed by atoms with Crippen molar-refractivity contribution in [3.05, 3.63) is 34.8 Å². The maximum Gasteiger partial charge on any atom is 0.507 e. The first-order valence-electron chi connectivity index (χ1n) is 7.87. The summed E-state index contributed by atoms with van der Waals surface area (Å²) in [5.41, 5.74) is 3.01. The molecule has 1 aliphatic heterocycles. The van der Waals surface area contributed by atoms with Crippen LogP contribution < -0.4 is 14.9 Å². The quantitative estimate of drug-likeness (QED) is 0.333. The van der Waals surface area contributed by atoms with Gasteiger partial charge in [0.2, 0.25) is 5.13 Å². The number of halogens is 4. The minimum absolute atomic E-state index is 0.00357. The van der Waals surface area contributed by atoms with Gasteiger partial charge in [-0.1, -0.05) is 6.07 Å². The van der Waals surface area contributed by atoms with Crippen molar-refractivity contribution in [2.45, 2.75) is 25.6 Å². The Morgan fingerprint density at radius 2 is 2.07 bits per heavy atom. The van der Waals surface area contributed by atoms with E-state index in [1.165, 1.54) is 12.1 Å². The first-order valence-corrected chi connectivity index (χ1v) is 8.75. The number of carbonyl (C=O) groups excluding carboxylic acids is 1. The van der Waals surface area contributed by atoms with E-state index < -0.39 is 29.7 Å². The molecular formula is C16H13F4N3O4S. The van der Waals surface area contributed by atoms with Gasteiger partial charge in [0.25, 0.3) is 0 Å². The molecule has 0 aliphatic carbocycles. The van der Waals surface area contributed by atoms with Crippen LogP contribution in [0.15, 0.2) is 28.7 Å². The number of ether oxygens (including phenoxy) is 3. The van der Waals surface area contributed by atoms with Crippen LogP contribution in [-0.2, 0) is 16.0 Å². The zero-order chi connectivity index (χ0) is 20.4. The molecule has 0 amide bonds. The third-order valence-electron chi connectivity index (χ3n) is 3.36. The standard InChI is InChI=1S/C16H13F4N3O4S/c1-2-25-12(24)6-10-8-28-14(22-10)23-21-7-9-4-3-5-11-13(9)27-16(19,20)15(17,18)26-11/h3-5,7-8H,2,6H2,1H3,(H,22,23). The van der Waals surface area contributed by atoms with Crippen LogP contribution in [0.4, 0.5) is 22.7 Å². The Morgan fingerprint density at radius 3 is 2.82 bits per heavy atom. The predicted octanol–water partition coefficient (Wildman–Crippen LogP) is 3.65. The summed E-state index contributed by atoms with van der Waals surface area (Å²) < 4.78 is 66.2. The molecule has 0 saturated carbocycles. The van der Waals surface area contributed by atoms with Crippen LogP contribution in [0.3, 0.4) is 0 Å². The van der Waals surface area contributed by atoms with E-state index in [0.29, 0.717) is 10.8 Å². The van der Waals surface area contributed by atoms with E-state index in [4.69, 9.17) is 4.74 Å². The second-order valence-corrected chi connectivity index (χ2v) is 6.27. The average Bonchev–Trinajstić information content (AvgIpc) is 3.03. The number of fused-ring (bicyclic) bond motifs is 1. The largest absolute Gasteiger partial charge is 0.507 e. The fourth-order valence-electron chi connectivity index (χ4n) is 2.17. The Labute approximate surface area is 159 Å². The number of nitrogens with one attached hydrogen (secondary N) is 1. The molecule has 0 saturated heterocycles. The smallest absolute Gasteiger partial charge is 0.466 e. The monoisotopic (exact) mass is 419 g/mol. The van der Waals surface area contributed by atoms with Gasteiger partial charge in [0, 0.05) is 10.9 Å². The van der Waals surface area contributed by atoms with Gasteiger partial charge >= 0.3 is 18.2 Å². The summed E-state index contributed by atoms with van der Waals surface area (Å²) in [6.45, 7) is 1.95. The SMILES string of the molecule is CCOC(=O)Cc1csc(NN=Cc2cccc3c2OC(F)(F)C(F)(F)O3)n1. The Hall–Kier alpha value is -2.89. The van der Waals surface area contributed by atoms with Crippen molar-refractivity contribution < 1.29 is 36.6 Å². The zero-order valence-electron chi connectivity index (χ0n) is 14.2. The fourth-order valence-corrected chi connectivity index (χ4v) is 2.82. The van der Waals surface area contributed by atoms with Gasteiger partial charge in [-0.15, -0.1) is 11.3 Å². The number of benzene rings is 1. The molecule has 1 aromatic carbocycles. The van der Waals surface area contributed by atoms with Crippen LogP contribution in [0.2, 0.25) is 0 Å².